The number of hydrogen-bond donors (Lipinski definition) is 3. The maximum Gasteiger partial charge on any atom is 0.164 e. The van der Waals surface area contributed by atoms with Crippen molar-refractivity contribution in [2.75, 3.05) is 17.2 Å². The number of aromatic hydroxyl groups is 1. The Labute approximate surface area is 221 Å². The van der Waals surface area contributed by atoms with Gasteiger partial charge in [-0.05, 0) is 72.5 Å². The van der Waals surface area contributed by atoms with Gasteiger partial charge in [-0.25, -0.2) is 15.0 Å². The molecule has 0 amide bonds. The normalized spacial score (nSPS) is 11.1. The zero-order valence-electron chi connectivity index (χ0n) is 20.8. The Hall–Kier alpha value is -4.10. The average Bonchev–Trinajstić information content (AvgIpc) is 2.92. The van der Waals surface area contributed by atoms with Gasteiger partial charge in [-0.2, -0.15) is 0 Å². The van der Waals surface area contributed by atoms with Crippen molar-refractivity contribution < 1.29 is 5.11 Å². The lowest BCUT2D eigenvalue weighted by atomic mass is 10.1. The zero-order valence-corrected chi connectivity index (χ0v) is 21.7. The van der Waals surface area contributed by atoms with Crippen LogP contribution in [-0.2, 0) is 6.42 Å². The van der Waals surface area contributed by atoms with Crippen LogP contribution in [0.15, 0.2) is 101 Å². The number of phenols is 1. The highest BCUT2D eigenvalue weighted by Crippen LogP contribution is 2.37. The Balaban J connectivity index is 1.44. The minimum absolute atomic E-state index is 0.251. The molecule has 0 spiro atoms. The van der Waals surface area contributed by atoms with Crippen molar-refractivity contribution in [1.29, 1.82) is 0 Å². The lowest BCUT2D eigenvalue weighted by Gasteiger charge is -2.16. The Morgan fingerprint density at radius 1 is 0.892 bits per heavy atom. The molecule has 0 aliphatic carbocycles. The number of aromatic nitrogens is 3. The fourth-order valence-electron chi connectivity index (χ4n) is 3.97. The van der Waals surface area contributed by atoms with Crippen molar-refractivity contribution in [3.63, 3.8) is 0 Å². The molecule has 0 aliphatic heterocycles. The number of phenolic OH excluding ortho intramolecular Hbond substituents is 1. The zero-order chi connectivity index (χ0) is 25.6. The molecule has 5 rings (SSSR count). The fraction of sp³-hybridized carbons (Fsp3) is 0.167. The van der Waals surface area contributed by atoms with Crippen LogP contribution in [0.5, 0.6) is 5.75 Å². The van der Waals surface area contributed by atoms with Gasteiger partial charge in [0.1, 0.15) is 17.9 Å². The quantitative estimate of drug-likeness (QED) is 0.192. The van der Waals surface area contributed by atoms with Crippen LogP contribution in [0.3, 0.4) is 0 Å². The summed E-state index contributed by atoms with van der Waals surface area (Å²) in [6.45, 7) is 5.07. The van der Waals surface area contributed by atoms with Crippen LogP contribution in [0.4, 0.5) is 17.2 Å². The Bertz CT molecular complexity index is 1490. The van der Waals surface area contributed by atoms with Crippen molar-refractivity contribution in [3.8, 4) is 5.75 Å². The van der Waals surface area contributed by atoms with Gasteiger partial charge in [-0.1, -0.05) is 55.9 Å². The van der Waals surface area contributed by atoms with Gasteiger partial charge in [0, 0.05) is 27.7 Å². The van der Waals surface area contributed by atoms with E-state index in [2.05, 4.69) is 76.9 Å². The molecule has 0 unspecified atom stereocenters. The minimum Gasteiger partial charge on any atom is -0.508 e. The topological polar surface area (TPSA) is 83.0 Å². The second-order valence-electron chi connectivity index (χ2n) is 9.08. The van der Waals surface area contributed by atoms with Crippen LogP contribution >= 0.6 is 11.8 Å². The maximum atomic E-state index is 9.68. The van der Waals surface area contributed by atoms with E-state index < -0.39 is 0 Å². The summed E-state index contributed by atoms with van der Waals surface area (Å²) < 4.78 is 0. The first-order valence-corrected chi connectivity index (χ1v) is 13.1. The molecule has 5 aromatic rings. The molecule has 0 atom stereocenters. The molecule has 2 heterocycles. The van der Waals surface area contributed by atoms with Crippen LogP contribution in [0.2, 0.25) is 0 Å². The highest BCUT2D eigenvalue weighted by molar-refractivity contribution is 7.99. The van der Waals surface area contributed by atoms with E-state index in [1.54, 1.807) is 30.2 Å². The van der Waals surface area contributed by atoms with E-state index in [-0.39, 0.29) is 5.75 Å². The molecule has 0 bridgehead atoms. The highest BCUT2D eigenvalue weighted by Gasteiger charge is 2.12. The number of pyridine rings is 1. The molecule has 0 saturated heterocycles. The van der Waals surface area contributed by atoms with E-state index in [9.17, 15) is 5.11 Å². The molecule has 0 radical (unpaired) electrons. The summed E-state index contributed by atoms with van der Waals surface area (Å²) in [6, 6.07) is 28.1. The van der Waals surface area contributed by atoms with Crippen molar-refractivity contribution in [2.24, 2.45) is 0 Å². The van der Waals surface area contributed by atoms with Gasteiger partial charge in [0.15, 0.2) is 5.65 Å². The third kappa shape index (κ3) is 6.19. The van der Waals surface area contributed by atoms with Gasteiger partial charge in [0.05, 0.1) is 11.1 Å². The lowest BCUT2D eigenvalue weighted by molar-refractivity contribution is 0.475. The Morgan fingerprint density at radius 3 is 2.49 bits per heavy atom. The van der Waals surface area contributed by atoms with Crippen molar-refractivity contribution >= 4 is 40.0 Å². The Morgan fingerprint density at radius 2 is 1.70 bits per heavy atom. The number of nitrogens with zero attached hydrogens (tertiary/aromatic N) is 3. The number of benzene rings is 3. The molecule has 0 aliphatic rings. The summed E-state index contributed by atoms with van der Waals surface area (Å²) in [5.41, 5.74) is 4.93. The third-order valence-corrected chi connectivity index (χ3v) is 7.08. The summed E-state index contributed by atoms with van der Waals surface area (Å²) in [4.78, 5) is 15.8. The van der Waals surface area contributed by atoms with E-state index in [4.69, 9.17) is 4.98 Å². The minimum atomic E-state index is 0.251. The first kappa shape index (κ1) is 24.6. The molecular weight excluding hydrogens is 478 g/mol. The Kier molecular flexibility index (Phi) is 7.51. The van der Waals surface area contributed by atoms with Gasteiger partial charge >= 0.3 is 0 Å². The first-order valence-electron chi connectivity index (χ1n) is 12.3. The van der Waals surface area contributed by atoms with Gasteiger partial charge in [0.25, 0.3) is 0 Å². The number of anilines is 3. The molecule has 7 heteroatoms. The van der Waals surface area contributed by atoms with Gasteiger partial charge in [-0.3, -0.25) is 0 Å². The van der Waals surface area contributed by atoms with E-state index in [1.165, 1.54) is 5.56 Å². The molecule has 3 N–H and O–H groups in total. The number of rotatable bonds is 9. The summed E-state index contributed by atoms with van der Waals surface area (Å²) in [6.07, 6.45) is 2.49. The van der Waals surface area contributed by atoms with Crippen LogP contribution in [0.25, 0.3) is 11.0 Å². The SMILES string of the molecule is CC(C)c1ccc2c(Nc3cc(NCCc4ccccc4)ccc3Sc3ccc(O)cc3)ncnc2n1. The predicted molar refractivity (Wildman–Crippen MR) is 152 cm³/mol. The number of nitrogens with one attached hydrogen (secondary N) is 2. The third-order valence-electron chi connectivity index (χ3n) is 5.99. The van der Waals surface area contributed by atoms with E-state index >= 15 is 0 Å². The van der Waals surface area contributed by atoms with Crippen molar-refractivity contribution in [3.05, 3.63) is 103 Å². The molecule has 37 heavy (non-hydrogen) atoms. The van der Waals surface area contributed by atoms with Crippen molar-refractivity contribution in [2.45, 2.75) is 36.0 Å². The second-order valence-corrected chi connectivity index (χ2v) is 10.2. The van der Waals surface area contributed by atoms with Crippen LogP contribution in [0.1, 0.15) is 31.0 Å². The summed E-state index contributed by atoms with van der Waals surface area (Å²) >= 11 is 1.62. The summed E-state index contributed by atoms with van der Waals surface area (Å²) in [7, 11) is 0. The van der Waals surface area contributed by atoms with Gasteiger partial charge < -0.3 is 15.7 Å². The molecule has 3 aromatic carbocycles. The smallest absolute Gasteiger partial charge is 0.164 e. The molecule has 0 fully saturated rings. The molecule has 186 valence electrons. The maximum absolute atomic E-state index is 9.68. The molecule has 2 aromatic heterocycles. The van der Waals surface area contributed by atoms with Crippen LogP contribution in [-0.4, -0.2) is 26.6 Å². The number of hydrogen-bond acceptors (Lipinski definition) is 7. The highest BCUT2D eigenvalue weighted by atomic mass is 32.2. The summed E-state index contributed by atoms with van der Waals surface area (Å²) in [5.74, 6) is 1.28. The monoisotopic (exact) mass is 507 g/mol. The largest absolute Gasteiger partial charge is 0.508 e. The van der Waals surface area contributed by atoms with Gasteiger partial charge in [-0.15, -0.1) is 0 Å². The standard InChI is InChI=1S/C30H29N5OS/c1-20(2)26-14-13-25-29(34-26)32-19-33-30(25)35-27-18-22(31-17-16-21-6-4-3-5-7-21)8-15-28(27)37-24-11-9-23(36)10-12-24/h3-15,18-20,31,36H,16-17H2,1-2H3,(H,32,33,34,35). The molecule has 0 saturated carbocycles. The second kappa shape index (κ2) is 11.3. The predicted octanol–water partition coefficient (Wildman–Crippen LogP) is 7.40. The molecular formula is C30H29N5OS. The van der Waals surface area contributed by atoms with Crippen LogP contribution < -0.4 is 10.6 Å². The molecule has 6 nitrogen and oxygen atoms in total. The van der Waals surface area contributed by atoms with E-state index in [0.29, 0.717) is 17.4 Å². The fourth-order valence-corrected chi connectivity index (χ4v) is 4.85. The summed E-state index contributed by atoms with van der Waals surface area (Å²) in [5, 5.41) is 17.6. The van der Waals surface area contributed by atoms with E-state index in [1.807, 2.05) is 30.3 Å². The van der Waals surface area contributed by atoms with Crippen LogP contribution in [0, 0.1) is 0 Å². The lowest BCUT2D eigenvalue weighted by Crippen LogP contribution is -2.06. The van der Waals surface area contributed by atoms with Gasteiger partial charge in [0.2, 0.25) is 0 Å². The average molecular weight is 508 g/mol. The first-order chi connectivity index (χ1) is 18.0. The van der Waals surface area contributed by atoms with Crippen molar-refractivity contribution in [1.82, 2.24) is 15.0 Å². The number of fused-ring (bicyclic) bond motifs is 1. The van der Waals surface area contributed by atoms with E-state index in [0.717, 1.165) is 45.2 Å².